The molecule has 3 saturated carbocycles. The summed E-state index contributed by atoms with van der Waals surface area (Å²) in [5, 5.41) is 10.8. The van der Waals surface area contributed by atoms with Gasteiger partial charge in [-0.05, 0) is 69.1 Å². The van der Waals surface area contributed by atoms with Crippen LogP contribution in [0.2, 0.25) is 0 Å². The second kappa shape index (κ2) is 7.15. The van der Waals surface area contributed by atoms with Crippen molar-refractivity contribution in [3.63, 3.8) is 0 Å². The number of aromatic nitrogens is 2. The zero-order valence-corrected chi connectivity index (χ0v) is 17.0. The van der Waals surface area contributed by atoms with E-state index >= 15 is 0 Å². The monoisotopic (exact) mass is 394 g/mol. The van der Waals surface area contributed by atoms with Gasteiger partial charge in [0.25, 0.3) is 5.91 Å². The second-order valence-corrected chi connectivity index (χ2v) is 9.49. The van der Waals surface area contributed by atoms with Gasteiger partial charge < -0.3 is 10.6 Å². The smallest absolute Gasteiger partial charge is 0.253 e. The molecular formula is C23H30N4O2. The molecule has 0 saturated heterocycles. The van der Waals surface area contributed by atoms with Crippen LogP contribution in [0.4, 0.5) is 0 Å². The van der Waals surface area contributed by atoms with Crippen LogP contribution in [-0.2, 0) is 4.79 Å². The summed E-state index contributed by atoms with van der Waals surface area (Å²) in [4.78, 5) is 26.3. The van der Waals surface area contributed by atoms with Crippen molar-refractivity contribution in [1.29, 1.82) is 0 Å². The van der Waals surface area contributed by atoms with Crippen LogP contribution in [-0.4, -0.2) is 33.5 Å². The molecule has 3 aliphatic rings. The molecule has 0 spiro atoms. The maximum atomic E-state index is 13.2. The van der Waals surface area contributed by atoms with E-state index < -0.39 is 0 Å². The fourth-order valence-electron chi connectivity index (χ4n) is 5.97. The molecule has 2 bridgehead atoms. The molecule has 6 nitrogen and oxygen atoms in total. The molecule has 3 fully saturated rings. The van der Waals surface area contributed by atoms with E-state index in [9.17, 15) is 9.59 Å². The van der Waals surface area contributed by atoms with Crippen molar-refractivity contribution in [3.05, 3.63) is 36.2 Å². The van der Waals surface area contributed by atoms with E-state index in [0.717, 1.165) is 56.4 Å². The van der Waals surface area contributed by atoms with E-state index in [4.69, 9.17) is 0 Å². The molecule has 2 amide bonds. The molecule has 3 aliphatic carbocycles. The first kappa shape index (κ1) is 18.6. The number of nitrogens with zero attached hydrogens (tertiary/aromatic N) is 2. The van der Waals surface area contributed by atoms with Crippen LogP contribution >= 0.6 is 0 Å². The van der Waals surface area contributed by atoms with Gasteiger partial charge in [0, 0.05) is 18.2 Å². The highest BCUT2D eigenvalue weighted by Crippen LogP contribution is 2.54. The predicted molar refractivity (Wildman–Crippen MR) is 110 cm³/mol. The third kappa shape index (κ3) is 3.32. The molecule has 154 valence electrons. The number of nitrogens with one attached hydrogen (secondary N) is 2. The highest BCUT2D eigenvalue weighted by atomic mass is 16.2. The number of pyridine rings is 1. The molecule has 0 unspecified atom stereocenters. The number of rotatable bonds is 5. The van der Waals surface area contributed by atoms with Crippen LogP contribution < -0.4 is 10.6 Å². The normalized spacial score (nSPS) is 27.8. The molecule has 0 aliphatic heterocycles. The van der Waals surface area contributed by atoms with Crippen molar-refractivity contribution in [2.75, 3.05) is 6.54 Å². The molecule has 6 heteroatoms. The minimum atomic E-state index is -0.356. The second-order valence-electron chi connectivity index (χ2n) is 9.49. The highest BCUT2D eigenvalue weighted by molar-refractivity contribution is 6.01. The summed E-state index contributed by atoms with van der Waals surface area (Å²) in [6.45, 7) is 0.534. The maximum Gasteiger partial charge on any atom is 0.253 e. The Bertz CT molecular complexity index is 920. The molecule has 2 aromatic heterocycles. The summed E-state index contributed by atoms with van der Waals surface area (Å²) in [7, 11) is 0. The lowest BCUT2D eigenvalue weighted by Crippen LogP contribution is -2.57. The zero-order chi connectivity index (χ0) is 19.9. The fourth-order valence-corrected chi connectivity index (χ4v) is 5.97. The van der Waals surface area contributed by atoms with Gasteiger partial charge in [0.1, 0.15) is 0 Å². The molecule has 0 atom stereocenters. The van der Waals surface area contributed by atoms with E-state index in [1.807, 2.05) is 24.4 Å². The molecule has 5 rings (SSSR count). The van der Waals surface area contributed by atoms with Crippen LogP contribution in [0, 0.1) is 11.3 Å². The summed E-state index contributed by atoms with van der Waals surface area (Å²) in [6, 6.07) is 5.55. The summed E-state index contributed by atoms with van der Waals surface area (Å²) >= 11 is 0. The van der Waals surface area contributed by atoms with Crippen LogP contribution in [0.1, 0.15) is 74.6 Å². The van der Waals surface area contributed by atoms with Gasteiger partial charge in [-0.3, -0.25) is 9.59 Å². The first-order chi connectivity index (χ1) is 14.1. The number of amides is 2. The molecule has 0 radical (unpaired) electrons. The third-order valence-electron chi connectivity index (χ3n) is 7.68. The van der Waals surface area contributed by atoms with Crippen LogP contribution in [0.5, 0.6) is 0 Å². The predicted octanol–water partition coefficient (Wildman–Crippen LogP) is 3.46. The quantitative estimate of drug-likeness (QED) is 0.815. The van der Waals surface area contributed by atoms with E-state index in [1.165, 1.54) is 19.3 Å². The van der Waals surface area contributed by atoms with Crippen LogP contribution in [0.3, 0.4) is 0 Å². The molecule has 0 aromatic carbocycles. The van der Waals surface area contributed by atoms with Crippen molar-refractivity contribution in [1.82, 2.24) is 20.2 Å². The van der Waals surface area contributed by atoms with Gasteiger partial charge in [-0.1, -0.05) is 19.3 Å². The largest absolute Gasteiger partial charge is 0.353 e. The third-order valence-corrected chi connectivity index (χ3v) is 7.68. The van der Waals surface area contributed by atoms with Gasteiger partial charge in [0.2, 0.25) is 5.91 Å². The lowest BCUT2D eigenvalue weighted by atomic mass is 9.80. The minimum Gasteiger partial charge on any atom is -0.353 e. The first-order valence-electron chi connectivity index (χ1n) is 11.1. The average Bonchev–Trinajstić information content (AvgIpc) is 3.48. The Balaban J connectivity index is 1.32. The Morgan fingerprint density at radius 2 is 1.90 bits per heavy atom. The summed E-state index contributed by atoms with van der Waals surface area (Å²) in [6.07, 6.45) is 14.3. The SMILES string of the molecule is O=C(NC1(CNC(=O)C23CCC(CC2)C3)CCCCC1)c1cccn2nccc12. The van der Waals surface area contributed by atoms with Gasteiger partial charge in [0.05, 0.1) is 22.8 Å². The highest BCUT2D eigenvalue weighted by Gasteiger charge is 2.50. The number of fused-ring (bicyclic) bond motifs is 3. The van der Waals surface area contributed by atoms with E-state index in [2.05, 4.69) is 15.7 Å². The topological polar surface area (TPSA) is 75.5 Å². The number of hydrogen-bond acceptors (Lipinski definition) is 3. The van der Waals surface area contributed by atoms with Crippen molar-refractivity contribution in [2.24, 2.45) is 11.3 Å². The van der Waals surface area contributed by atoms with Crippen molar-refractivity contribution in [3.8, 4) is 0 Å². The lowest BCUT2D eigenvalue weighted by Gasteiger charge is -2.39. The van der Waals surface area contributed by atoms with Crippen molar-refractivity contribution < 1.29 is 9.59 Å². The van der Waals surface area contributed by atoms with Gasteiger partial charge in [-0.2, -0.15) is 5.10 Å². The van der Waals surface area contributed by atoms with Gasteiger partial charge >= 0.3 is 0 Å². The standard InChI is InChI=1S/C23H30N4O2/c28-20(18-5-4-14-27-19(18)8-13-25-27)26-23(9-2-1-3-10-23)16-24-21(29)22-11-6-17(15-22)7-12-22/h4-5,8,13-14,17H,1-3,6-7,9-12,15-16H2,(H,24,29)(H,26,28). The molecule has 2 N–H and O–H groups in total. The number of hydrogen-bond donors (Lipinski definition) is 2. The van der Waals surface area contributed by atoms with E-state index in [0.29, 0.717) is 12.1 Å². The van der Waals surface area contributed by atoms with Crippen LogP contribution in [0.15, 0.2) is 30.6 Å². The minimum absolute atomic E-state index is 0.0767. The Labute approximate surface area is 171 Å². The van der Waals surface area contributed by atoms with Crippen molar-refractivity contribution >= 4 is 17.3 Å². The van der Waals surface area contributed by atoms with Gasteiger partial charge in [0.15, 0.2) is 0 Å². The average molecular weight is 395 g/mol. The Morgan fingerprint density at radius 3 is 2.62 bits per heavy atom. The zero-order valence-electron chi connectivity index (χ0n) is 17.0. The Kier molecular flexibility index (Phi) is 4.60. The van der Waals surface area contributed by atoms with E-state index in [1.54, 1.807) is 10.7 Å². The molecule has 2 heterocycles. The van der Waals surface area contributed by atoms with Gasteiger partial charge in [-0.15, -0.1) is 0 Å². The molecule has 2 aromatic rings. The summed E-state index contributed by atoms with van der Waals surface area (Å²) in [5.41, 5.74) is 0.954. The molecular weight excluding hydrogens is 364 g/mol. The summed E-state index contributed by atoms with van der Waals surface area (Å²) < 4.78 is 1.72. The van der Waals surface area contributed by atoms with Gasteiger partial charge in [-0.25, -0.2) is 4.52 Å². The summed E-state index contributed by atoms with van der Waals surface area (Å²) in [5.74, 6) is 0.891. The van der Waals surface area contributed by atoms with E-state index in [-0.39, 0.29) is 22.8 Å². The fraction of sp³-hybridized carbons (Fsp3) is 0.609. The van der Waals surface area contributed by atoms with Crippen molar-refractivity contribution in [2.45, 2.75) is 69.7 Å². The lowest BCUT2D eigenvalue weighted by molar-refractivity contribution is -0.131. The first-order valence-corrected chi connectivity index (χ1v) is 11.1. The Hall–Kier alpha value is -2.37. The van der Waals surface area contributed by atoms with Crippen LogP contribution in [0.25, 0.3) is 5.52 Å². The maximum absolute atomic E-state index is 13.2. The number of carbonyl (C=O) groups is 2. The number of carbonyl (C=O) groups excluding carboxylic acids is 2. The Morgan fingerprint density at radius 1 is 1.10 bits per heavy atom. The molecule has 29 heavy (non-hydrogen) atoms.